The Morgan fingerprint density at radius 1 is 1.11 bits per heavy atom. The summed E-state index contributed by atoms with van der Waals surface area (Å²) < 4.78 is 0. The molecule has 7 heteroatoms. The van der Waals surface area contributed by atoms with Gasteiger partial charge in [0.15, 0.2) is 0 Å². The Labute approximate surface area is 176 Å². The molecule has 150 valence electrons. The van der Waals surface area contributed by atoms with E-state index < -0.39 is 0 Å². The average Bonchev–Trinajstić information content (AvgIpc) is 3.08. The van der Waals surface area contributed by atoms with Crippen LogP contribution in [-0.2, 0) is 24.4 Å². The Morgan fingerprint density at radius 2 is 1.86 bits per heavy atom. The molecule has 0 unspecified atom stereocenters. The highest BCUT2D eigenvalue weighted by molar-refractivity contribution is 6.34. The van der Waals surface area contributed by atoms with E-state index in [-0.39, 0.29) is 30.1 Å². The SMILES string of the molecule is CC(C)CC(=O)Nc1ccc(Cl)c(C(=O)NCc2ccc3c(c2)CNC3)c1.Cl. The number of rotatable bonds is 6. The molecule has 1 heterocycles. The molecule has 0 atom stereocenters. The third-order valence-corrected chi connectivity index (χ3v) is 4.77. The lowest BCUT2D eigenvalue weighted by atomic mass is 10.1. The molecule has 2 aromatic carbocycles. The maximum Gasteiger partial charge on any atom is 0.253 e. The van der Waals surface area contributed by atoms with Crippen LogP contribution in [0.15, 0.2) is 36.4 Å². The van der Waals surface area contributed by atoms with Gasteiger partial charge in [-0.3, -0.25) is 9.59 Å². The van der Waals surface area contributed by atoms with Gasteiger partial charge in [-0.15, -0.1) is 12.4 Å². The summed E-state index contributed by atoms with van der Waals surface area (Å²) in [6.45, 7) is 6.14. The Hall–Kier alpha value is -2.08. The van der Waals surface area contributed by atoms with Gasteiger partial charge in [0.1, 0.15) is 0 Å². The Bertz CT molecular complexity index is 869. The molecule has 0 spiro atoms. The number of benzene rings is 2. The van der Waals surface area contributed by atoms with Crippen LogP contribution in [0.25, 0.3) is 0 Å². The molecule has 0 aliphatic carbocycles. The highest BCUT2D eigenvalue weighted by atomic mass is 35.5. The number of hydrogen-bond donors (Lipinski definition) is 3. The standard InChI is InChI=1S/C21H24ClN3O2.ClH/c1-13(2)7-20(26)25-17-5-6-19(22)18(9-17)21(27)24-10-14-3-4-15-11-23-12-16(15)8-14;/h3-6,8-9,13,23H,7,10-12H2,1-2H3,(H,24,27)(H,25,26);1H. The van der Waals surface area contributed by atoms with Gasteiger partial charge < -0.3 is 16.0 Å². The van der Waals surface area contributed by atoms with E-state index in [1.54, 1.807) is 18.2 Å². The van der Waals surface area contributed by atoms with E-state index >= 15 is 0 Å². The maximum absolute atomic E-state index is 12.6. The van der Waals surface area contributed by atoms with Gasteiger partial charge in [0.25, 0.3) is 5.91 Å². The molecule has 0 fully saturated rings. The number of hydrogen-bond acceptors (Lipinski definition) is 3. The molecule has 28 heavy (non-hydrogen) atoms. The molecule has 3 rings (SSSR count). The molecule has 0 aromatic heterocycles. The van der Waals surface area contributed by atoms with Crippen LogP contribution in [0.4, 0.5) is 5.69 Å². The van der Waals surface area contributed by atoms with E-state index in [9.17, 15) is 9.59 Å². The lowest BCUT2D eigenvalue weighted by Crippen LogP contribution is -2.23. The molecule has 1 aliphatic rings. The van der Waals surface area contributed by atoms with E-state index in [1.807, 2.05) is 19.9 Å². The zero-order valence-electron chi connectivity index (χ0n) is 16.0. The average molecular weight is 422 g/mol. The zero-order chi connectivity index (χ0) is 19.4. The normalized spacial score (nSPS) is 12.3. The summed E-state index contributed by atoms with van der Waals surface area (Å²) in [6.07, 6.45) is 0.428. The Morgan fingerprint density at radius 3 is 2.61 bits per heavy atom. The predicted molar refractivity (Wildman–Crippen MR) is 115 cm³/mol. The smallest absolute Gasteiger partial charge is 0.253 e. The number of halogens is 2. The number of carbonyl (C=O) groups excluding carboxylic acids is 2. The predicted octanol–water partition coefficient (Wildman–Crippen LogP) is 4.28. The van der Waals surface area contributed by atoms with Crippen molar-refractivity contribution in [3.8, 4) is 0 Å². The van der Waals surface area contributed by atoms with Gasteiger partial charge >= 0.3 is 0 Å². The Kier molecular flexibility index (Phi) is 7.87. The maximum atomic E-state index is 12.6. The fourth-order valence-corrected chi connectivity index (χ4v) is 3.30. The van der Waals surface area contributed by atoms with Gasteiger partial charge in [-0.1, -0.05) is 43.6 Å². The van der Waals surface area contributed by atoms with Crippen LogP contribution in [-0.4, -0.2) is 11.8 Å². The van der Waals surface area contributed by atoms with Crippen molar-refractivity contribution in [2.75, 3.05) is 5.32 Å². The molecule has 0 radical (unpaired) electrons. The molecule has 0 saturated heterocycles. The molecular formula is C21H25Cl2N3O2. The third kappa shape index (κ3) is 5.71. The third-order valence-electron chi connectivity index (χ3n) is 4.44. The first kappa shape index (κ1) is 22.2. The van der Waals surface area contributed by atoms with E-state index in [1.165, 1.54) is 11.1 Å². The second-order valence-corrected chi connectivity index (χ2v) is 7.64. The molecule has 0 bridgehead atoms. The second-order valence-electron chi connectivity index (χ2n) is 7.23. The van der Waals surface area contributed by atoms with E-state index in [4.69, 9.17) is 11.6 Å². The lowest BCUT2D eigenvalue weighted by Gasteiger charge is -2.11. The lowest BCUT2D eigenvalue weighted by molar-refractivity contribution is -0.116. The van der Waals surface area contributed by atoms with Crippen molar-refractivity contribution < 1.29 is 9.59 Å². The highest BCUT2D eigenvalue weighted by Crippen LogP contribution is 2.22. The van der Waals surface area contributed by atoms with Gasteiger partial charge in [-0.05, 0) is 40.8 Å². The topological polar surface area (TPSA) is 70.2 Å². The van der Waals surface area contributed by atoms with Crippen molar-refractivity contribution in [3.63, 3.8) is 0 Å². The van der Waals surface area contributed by atoms with Crippen molar-refractivity contribution in [1.82, 2.24) is 10.6 Å². The van der Waals surface area contributed by atoms with E-state index in [0.717, 1.165) is 18.7 Å². The number of carbonyl (C=O) groups is 2. The van der Waals surface area contributed by atoms with Crippen LogP contribution in [0.5, 0.6) is 0 Å². The molecule has 3 N–H and O–H groups in total. The van der Waals surface area contributed by atoms with Crippen LogP contribution >= 0.6 is 24.0 Å². The largest absolute Gasteiger partial charge is 0.348 e. The minimum Gasteiger partial charge on any atom is -0.348 e. The van der Waals surface area contributed by atoms with Crippen LogP contribution in [0.2, 0.25) is 5.02 Å². The molecule has 2 aromatic rings. The molecular weight excluding hydrogens is 397 g/mol. The van der Waals surface area contributed by atoms with Gasteiger partial charge in [0.05, 0.1) is 10.6 Å². The summed E-state index contributed by atoms with van der Waals surface area (Å²) >= 11 is 6.19. The monoisotopic (exact) mass is 421 g/mol. The summed E-state index contributed by atoms with van der Waals surface area (Å²) in [5.41, 5.74) is 4.54. The fraction of sp³-hybridized carbons (Fsp3) is 0.333. The van der Waals surface area contributed by atoms with Gasteiger partial charge in [-0.2, -0.15) is 0 Å². The first-order valence-electron chi connectivity index (χ1n) is 9.11. The van der Waals surface area contributed by atoms with Gasteiger partial charge in [0.2, 0.25) is 5.91 Å². The zero-order valence-corrected chi connectivity index (χ0v) is 17.5. The molecule has 2 amide bonds. The molecule has 1 aliphatic heterocycles. The van der Waals surface area contributed by atoms with Crippen LogP contribution in [0.1, 0.15) is 47.3 Å². The second kappa shape index (κ2) is 9.92. The van der Waals surface area contributed by atoms with Crippen molar-refractivity contribution in [2.24, 2.45) is 5.92 Å². The first-order valence-corrected chi connectivity index (χ1v) is 9.49. The molecule has 0 saturated carbocycles. The molecule has 5 nitrogen and oxygen atoms in total. The number of nitrogens with one attached hydrogen (secondary N) is 3. The van der Waals surface area contributed by atoms with E-state index in [0.29, 0.717) is 29.2 Å². The van der Waals surface area contributed by atoms with Crippen LogP contribution in [0, 0.1) is 5.92 Å². The summed E-state index contributed by atoms with van der Waals surface area (Å²) in [5, 5.41) is 9.38. The summed E-state index contributed by atoms with van der Waals surface area (Å²) in [5.74, 6) is -0.0772. The first-order chi connectivity index (χ1) is 12.9. The summed E-state index contributed by atoms with van der Waals surface area (Å²) in [4.78, 5) is 24.5. The van der Waals surface area contributed by atoms with Crippen molar-refractivity contribution in [1.29, 1.82) is 0 Å². The van der Waals surface area contributed by atoms with Crippen molar-refractivity contribution in [2.45, 2.75) is 39.9 Å². The fourth-order valence-electron chi connectivity index (χ4n) is 3.10. The summed E-state index contributed by atoms with van der Waals surface area (Å²) in [7, 11) is 0. The van der Waals surface area contributed by atoms with Crippen LogP contribution < -0.4 is 16.0 Å². The van der Waals surface area contributed by atoms with Gasteiger partial charge in [0, 0.05) is 31.7 Å². The number of anilines is 1. The summed E-state index contributed by atoms with van der Waals surface area (Å²) in [6, 6.07) is 11.2. The van der Waals surface area contributed by atoms with Crippen molar-refractivity contribution >= 4 is 41.5 Å². The minimum atomic E-state index is -0.265. The van der Waals surface area contributed by atoms with E-state index in [2.05, 4.69) is 28.1 Å². The van der Waals surface area contributed by atoms with Gasteiger partial charge in [-0.25, -0.2) is 0 Å². The van der Waals surface area contributed by atoms with Crippen LogP contribution in [0.3, 0.4) is 0 Å². The minimum absolute atomic E-state index is 0. The quantitative estimate of drug-likeness (QED) is 0.651. The highest BCUT2D eigenvalue weighted by Gasteiger charge is 2.14. The number of amides is 2. The number of fused-ring (bicyclic) bond motifs is 1. The Balaban J connectivity index is 0.00000280. The van der Waals surface area contributed by atoms with Crippen molar-refractivity contribution in [3.05, 3.63) is 63.7 Å².